The van der Waals surface area contributed by atoms with Gasteiger partial charge in [-0.3, -0.25) is 19.2 Å². The second-order valence-electron chi connectivity index (χ2n) is 22.6. The van der Waals surface area contributed by atoms with Crippen LogP contribution < -0.4 is 21.3 Å². The van der Waals surface area contributed by atoms with Crippen LogP contribution >= 0.6 is 46.4 Å². The first-order valence-electron chi connectivity index (χ1n) is 29.8. The van der Waals surface area contributed by atoms with Crippen molar-refractivity contribution in [2.45, 2.75) is 68.2 Å². The summed E-state index contributed by atoms with van der Waals surface area (Å²) in [5.74, 6) is -5.68. The quantitative estimate of drug-likeness (QED) is 0.0697. The summed E-state index contributed by atoms with van der Waals surface area (Å²) in [5.41, 5.74) is 1.18. The van der Waals surface area contributed by atoms with E-state index in [1.54, 1.807) is 36.7 Å². The van der Waals surface area contributed by atoms with Gasteiger partial charge in [0.1, 0.15) is 23.3 Å². The predicted molar refractivity (Wildman–Crippen MR) is 356 cm³/mol. The van der Waals surface area contributed by atoms with Crippen molar-refractivity contribution < 1.29 is 70.4 Å². The van der Waals surface area contributed by atoms with Crippen LogP contribution in [0.5, 0.6) is 0 Å². The number of benzene rings is 5. The molecule has 5 heterocycles. The van der Waals surface area contributed by atoms with Gasteiger partial charge in [-0.15, -0.1) is 0 Å². The van der Waals surface area contributed by atoms with Crippen molar-refractivity contribution in [1.29, 1.82) is 0 Å². The minimum atomic E-state index is -3.75. The molecule has 5 aromatic carbocycles. The van der Waals surface area contributed by atoms with Crippen LogP contribution in [0, 0.1) is 46.9 Å². The molecule has 0 bridgehead atoms. The molecule has 4 amide bonds. The van der Waals surface area contributed by atoms with Crippen LogP contribution in [0.2, 0.25) is 20.1 Å². The maximum atomic E-state index is 13.5. The lowest BCUT2D eigenvalue weighted by molar-refractivity contribution is -0.121. The molecule has 95 heavy (non-hydrogen) atoms. The van der Waals surface area contributed by atoms with Crippen molar-refractivity contribution >= 4 is 133 Å². The molecule has 34 heteroatoms. The minimum Gasteiger partial charge on any atom is -0.339 e. The largest absolute Gasteiger partial charge is 0.339 e. The highest BCUT2D eigenvalue weighted by molar-refractivity contribution is 7.89. The Bertz CT molecular complexity index is 4210. The Balaban J connectivity index is 0.000000180. The summed E-state index contributed by atoms with van der Waals surface area (Å²) < 4.78 is 158. The Hall–Kier alpha value is -6.29. The third kappa shape index (κ3) is 21.4. The lowest BCUT2D eigenvalue weighted by Crippen LogP contribution is -2.44. The minimum absolute atomic E-state index is 0.0176. The van der Waals surface area contributed by atoms with Crippen LogP contribution in [0.4, 0.5) is 40.3 Å². The molecule has 0 aliphatic carbocycles. The summed E-state index contributed by atoms with van der Waals surface area (Å²) in [4.78, 5) is 53.4. The number of aromatic nitrogens is 2. The number of halogens is 8. The third-order valence-corrected chi connectivity index (χ3v) is 23.6. The van der Waals surface area contributed by atoms with E-state index in [1.807, 2.05) is 0 Å². The molecule has 4 saturated heterocycles. The van der Waals surface area contributed by atoms with E-state index in [-0.39, 0.29) is 91.3 Å². The molecule has 0 unspecified atom stereocenters. The van der Waals surface area contributed by atoms with E-state index in [4.69, 9.17) is 46.4 Å². The van der Waals surface area contributed by atoms with Crippen molar-refractivity contribution in [1.82, 2.24) is 26.8 Å². The van der Waals surface area contributed by atoms with Gasteiger partial charge in [0.05, 0.1) is 67.0 Å². The lowest BCUT2D eigenvalue weighted by Gasteiger charge is -2.31. The Labute approximate surface area is 569 Å². The van der Waals surface area contributed by atoms with E-state index in [0.29, 0.717) is 94.6 Å². The summed E-state index contributed by atoms with van der Waals surface area (Å²) in [7, 11) is -12.3. The second-order valence-corrected chi connectivity index (χ2v) is 32.3. The average Bonchev–Trinajstić information content (AvgIpc) is 1.80. The number of carbonyl (C=O) groups is 4. The number of piperidine rings is 4. The number of sulfonamides is 4. The molecule has 10 rings (SSSR count). The third-order valence-electron chi connectivity index (χ3n) is 15.7. The van der Waals surface area contributed by atoms with E-state index in [1.165, 1.54) is 90.4 Å². The van der Waals surface area contributed by atoms with Gasteiger partial charge in [-0.2, -0.15) is 8.61 Å². The molecule has 0 radical (unpaired) electrons. The fraction of sp³-hybridized carbons (Fsp3) is 0.393. The number of carbonyl (C=O) groups excluding carboxylic acids is 4. The average molecular weight is 1480 g/mol. The number of amides is 4. The van der Waals surface area contributed by atoms with E-state index >= 15 is 0 Å². The number of hydrogen-bond acceptors (Lipinski definition) is 13. The van der Waals surface area contributed by atoms with E-state index in [2.05, 4.69) is 26.3 Å². The maximum absolute atomic E-state index is 13.5. The zero-order valence-corrected chi connectivity index (χ0v) is 57.8. The summed E-state index contributed by atoms with van der Waals surface area (Å²) in [5, 5.41) is 10.3. The van der Waals surface area contributed by atoms with Crippen molar-refractivity contribution in [3.8, 4) is 0 Å². The monoisotopic (exact) mass is 1480 g/mol. The first-order chi connectivity index (χ1) is 44.7. The Morgan fingerprint density at radius 3 is 1.11 bits per heavy atom. The molecule has 4 fully saturated rings. The number of aryl methyl sites for hydroxylation is 1. The van der Waals surface area contributed by atoms with Crippen molar-refractivity contribution in [3.63, 3.8) is 0 Å². The number of nitrogens with one attached hydrogen (secondary N) is 4. The van der Waals surface area contributed by atoms with Gasteiger partial charge < -0.3 is 25.8 Å². The van der Waals surface area contributed by atoms with E-state index in [9.17, 15) is 70.4 Å². The first kappa shape index (κ1) is 76.1. The first-order valence-corrected chi connectivity index (χ1v) is 37.6. The maximum Gasteiger partial charge on any atom is 0.262 e. The summed E-state index contributed by atoms with van der Waals surface area (Å²) in [6.45, 7) is 3.62. The van der Waals surface area contributed by atoms with Crippen molar-refractivity contribution in [3.05, 3.63) is 159 Å². The Kier molecular flexibility index (Phi) is 27.1. The Morgan fingerprint density at radius 2 is 0.789 bits per heavy atom. The highest BCUT2D eigenvalue weighted by Crippen LogP contribution is 2.30. The highest BCUT2D eigenvalue weighted by atomic mass is 35.5. The molecule has 4 atom stereocenters. The molecular formula is C61H70Cl4F4N10O12S4. The van der Waals surface area contributed by atoms with Gasteiger partial charge in [0.15, 0.2) is 5.03 Å². The lowest BCUT2D eigenvalue weighted by atomic mass is 9.98. The molecule has 0 spiro atoms. The van der Waals surface area contributed by atoms with Gasteiger partial charge in [-0.1, -0.05) is 64.6 Å². The van der Waals surface area contributed by atoms with Gasteiger partial charge in [0.25, 0.3) is 10.0 Å². The Morgan fingerprint density at radius 1 is 0.474 bits per heavy atom. The van der Waals surface area contributed by atoms with Gasteiger partial charge in [-0.25, -0.2) is 64.8 Å². The van der Waals surface area contributed by atoms with Crippen LogP contribution in [0.3, 0.4) is 0 Å². The van der Waals surface area contributed by atoms with Crippen LogP contribution in [0.25, 0.3) is 0 Å². The zero-order valence-electron chi connectivity index (χ0n) is 51.5. The molecule has 1 aromatic heterocycles. The molecule has 0 saturated carbocycles. The highest BCUT2D eigenvalue weighted by Gasteiger charge is 2.37. The fourth-order valence-corrected chi connectivity index (χ4v) is 16.1. The molecule has 4 N–H and O–H groups in total. The topological polar surface area (TPSA) is 284 Å². The molecule has 516 valence electrons. The summed E-state index contributed by atoms with van der Waals surface area (Å²) in [6.07, 6.45) is 8.70. The number of anilines is 4. The normalized spacial score (nSPS) is 19.2. The number of nitrogens with zero attached hydrogens (tertiary/aromatic N) is 6. The number of imidazole rings is 1. The van der Waals surface area contributed by atoms with Crippen LogP contribution in [0.1, 0.15) is 58.3 Å². The van der Waals surface area contributed by atoms with Gasteiger partial charge in [0.2, 0.25) is 53.7 Å². The fourth-order valence-electron chi connectivity index (χ4n) is 10.5. The molecule has 4 aliphatic rings. The SMILES string of the molecule is CCS(=O)(=O)N1CCC[C@H](C(=O)Nc2ccc(Cl)c(F)c2)C1.CS(=O)(=O)N1CCC[C@H](C(=O)Nc2ccc(Cl)c(F)c2)C1.Cn1cnc(S(=O)(=O)N2CCC[C@H](C(=O)Nc3ccc(Cl)c(F)c3)C2)c1.O=C(Nc1ccc(Cl)c(F)c1)[C@H]1CCCN(S(=O)(=O)c2ccccc2)C1. The van der Waals surface area contributed by atoms with E-state index < -0.39 is 87.0 Å². The molecule has 4 aliphatic heterocycles. The zero-order chi connectivity index (χ0) is 69.6. The summed E-state index contributed by atoms with van der Waals surface area (Å²) in [6, 6.07) is 24.1. The summed E-state index contributed by atoms with van der Waals surface area (Å²) >= 11 is 22.4. The number of hydrogen-bond donors (Lipinski definition) is 4. The predicted octanol–water partition coefficient (Wildman–Crippen LogP) is 10.3. The van der Waals surface area contributed by atoms with Gasteiger partial charge in [0, 0.05) is 88.4 Å². The molecular weight excluding hydrogens is 1410 g/mol. The van der Waals surface area contributed by atoms with Crippen LogP contribution in [0.15, 0.2) is 126 Å². The van der Waals surface area contributed by atoms with E-state index in [0.717, 1.165) is 30.5 Å². The smallest absolute Gasteiger partial charge is 0.262 e. The van der Waals surface area contributed by atoms with Gasteiger partial charge >= 0.3 is 0 Å². The van der Waals surface area contributed by atoms with Crippen molar-refractivity contribution in [2.24, 2.45) is 30.7 Å². The van der Waals surface area contributed by atoms with Crippen LogP contribution in [-0.4, -0.2) is 148 Å². The standard InChI is InChI=1S/C18H18ClFN2O3S.C16H18ClFN4O3S.C14H18ClFN2O3S.C13H16ClFN2O3S/c19-16-9-8-14(11-17(16)20)21-18(23)13-5-4-10-22(12-13)26(24,25)15-6-2-1-3-7-15;1-21-9-15(19-10-21)26(24,25)22-6-2-3-11(8-22)16(23)20-12-4-5-13(17)14(18)7-12;1-2-22(20,21)18-7-3-4-10(9-18)14(19)17-11-5-6-12(15)13(16)8-11;1-21(19,20)17-6-2-3-9(8-17)13(18)16-10-4-5-11(14)12(15)7-10/h1-3,6-9,11,13H,4-5,10,12H2,(H,21,23);4-5,7,9-11H,2-3,6,8H2,1H3,(H,20,23);5-6,8,10H,2-4,7,9H2,1H3,(H,17,19);4-5,7,9H,2-3,6,8H2,1H3,(H,16,18)/t13-;11-;10-;9-/m0000/s1. The van der Waals surface area contributed by atoms with Crippen LogP contribution in [-0.2, 0) is 66.3 Å². The molecule has 22 nitrogen and oxygen atoms in total. The van der Waals surface area contributed by atoms with Crippen molar-refractivity contribution in [2.75, 3.05) is 85.6 Å². The number of rotatable bonds is 15. The van der Waals surface area contributed by atoms with Gasteiger partial charge in [-0.05, 0) is 143 Å². The molecule has 6 aromatic rings. The second kappa shape index (κ2) is 33.8.